The highest BCUT2D eigenvalue weighted by atomic mass is 127. The highest BCUT2D eigenvalue weighted by Crippen LogP contribution is 2.37. The van der Waals surface area contributed by atoms with E-state index in [1.54, 1.807) is 0 Å². The third kappa shape index (κ3) is 6.51. The number of hydrogen-bond donors (Lipinski definition) is 1. The summed E-state index contributed by atoms with van der Waals surface area (Å²) in [6.45, 7) is 2.90. The van der Waals surface area contributed by atoms with Gasteiger partial charge in [-0.05, 0) is 111 Å². The number of thioether (sulfide) groups is 1. The number of aliphatic imine (C=N–C) groups is 1. The molecular formula is C25H20I2N2O3S. The van der Waals surface area contributed by atoms with Crippen LogP contribution in [0.25, 0.3) is 6.08 Å². The zero-order valence-electron chi connectivity index (χ0n) is 17.7. The zero-order valence-corrected chi connectivity index (χ0v) is 22.8. The van der Waals surface area contributed by atoms with Crippen LogP contribution in [0, 0.1) is 7.14 Å². The Balaban J connectivity index is 1.56. The summed E-state index contributed by atoms with van der Waals surface area (Å²) < 4.78 is 14.0. The third-order valence-electron chi connectivity index (χ3n) is 4.55. The molecular weight excluding hydrogens is 662 g/mol. The lowest BCUT2D eigenvalue weighted by molar-refractivity contribution is -0.115. The van der Waals surface area contributed by atoms with E-state index in [0.717, 1.165) is 24.0 Å². The molecule has 0 bridgehead atoms. The van der Waals surface area contributed by atoms with Crippen molar-refractivity contribution < 1.29 is 14.3 Å². The first kappa shape index (κ1) is 24.1. The lowest BCUT2D eigenvalue weighted by atomic mass is 10.2. The number of carbonyl (C=O) groups is 1. The summed E-state index contributed by atoms with van der Waals surface area (Å²) in [6.07, 6.45) is 1.85. The molecule has 0 spiro atoms. The van der Waals surface area contributed by atoms with Crippen molar-refractivity contribution in [2.24, 2.45) is 4.99 Å². The van der Waals surface area contributed by atoms with Gasteiger partial charge in [0.15, 0.2) is 16.7 Å². The van der Waals surface area contributed by atoms with Gasteiger partial charge in [-0.2, -0.15) is 0 Å². The molecule has 5 nitrogen and oxygen atoms in total. The second-order valence-electron chi connectivity index (χ2n) is 7.00. The number of amides is 1. The van der Waals surface area contributed by atoms with Crippen molar-refractivity contribution in [1.29, 1.82) is 0 Å². The van der Waals surface area contributed by atoms with Crippen LogP contribution < -0.4 is 14.8 Å². The fourth-order valence-electron chi connectivity index (χ4n) is 3.10. The minimum atomic E-state index is -0.165. The average Bonchev–Trinajstić information content (AvgIpc) is 3.12. The van der Waals surface area contributed by atoms with Crippen LogP contribution in [0.2, 0.25) is 0 Å². The Labute approximate surface area is 224 Å². The van der Waals surface area contributed by atoms with Crippen molar-refractivity contribution in [1.82, 2.24) is 5.32 Å². The van der Waals surface area contributed by atoms with Crippen LogP contribution in [0.1, 0.15) is 18.1 Å². The van der Waals surface area contributed by atoms with Gasteiger partial charge in [-0.25, -0.2) is 4.99 Å². The monoisotopic (exact) mass is 682 g/mol. The van der Waals surface area contributed by atoms with Crippen LogP contribution >= 0.6 is 56.9 Å². The molecule has 1 aliphatic heterocycles. The van der Waals surface area contributed by atoms with E-state index in [-0.39, 0.29) is 5.91 Å². The average molecular weight is 682 g/mol. The lowest BCUT2D eigenvalue weighted by Gasteiger charge is -2.15. The Hall–Kier alpha value is -2.05. The van der Waals surface area contributed by atoms with Crippen LogP contribution in [-0.2, 0) is 11.4 Å². The van der Waals surface area contributed by atoms with Crippen molar-refractivity contribution >= 4 is 79.8 Å². The van der Waals surface area contributed by atoms with Gasteiger partial charge in [-0.15, -0.1) is 0 Å². The second-order valence-corrected chi connectivity index (χ2v) is 10.4. The van der Waals surface area contributed by atoms with Crippen LogP contribution in [0.5, 0.6) is 11.5 Å². The topological polar surface area (TPSA) is 59.9 Å². The maximum Gasteiger partial charge on any atom is 0.264 e. The molecule has 1 saturated heterocycles. The van der Waals surface area contributed by atoms with Gasteiger partial charge in [0.2, 0.25) is 0 Å². The summed E-state index contributed by atoms with van der Waals surface area (Å²) in [5.74, 6) is 1.19. The fourth-order valence-corrected chi connectivity index (χ4v) is 5.25. The number of halogens is 2. The zero-order chi connectivity index (χ0) is 23.2. The third-order valence-corrected chi connectivity index (χ3v) is 6.93. The first-order valence-corrected chi connectivity index (χ1v) is 13.2. The molecule has 0 atom stereocenters. The molecule has 33 heavy (non-hydrogen) atoms. The van der Waals surface area contributed by atoms with Gasteiger partial charge in [0.25, 0.3) is 5.91 Å². The normalized spacial score (nSPS) is 15.7. The van der Waals surface area contributed by atoms with E-state index in [0.29, 0.717) is 34.8 Å². The van der Waals surface area contributed by atoms with Crippen LogP contribution in [-0.4, -0.2) is 17.7 Å². The summed E-state index contributed by atoms with van der Waals surface area (Å²) in [7, 11) is 0. The number of nitrogens with one attached hydrogen (secondary N) is 1. The highest BCUT2D eigenvalue weighted by molar-refractivity contribution is 14.1. The van der Waals surface area contributed by atoms with E-state index in [1.165, 1.54) is 11.8 Å². The molecule has 8 heteroatoms. The Morgan fingerprint density at radius 1 is 1.03 bits per heavy atom. The SMILES string of the molecule is CCOc1cc(/C=C2/SC(=Nc3cccc(I)c3)NC2=O)cc(I)c1OCc1ccccc1. The summed E-state index contributed by atoms with van der Waals surface area (Å²) in [6, 6.07) is 21.7. The second kappa shape index (κ2) is 11.4. The molecule has 0 aromatic heterocycles. The summed E-state index contributed by atoms with van der Waals surface area (Å²) in [4.78, 5) is 17.7. The molecule has 1 amide bonds. The van der Waals surface area contributed by atoms with Crippen LogP contribution in [0.15, 0.2) is 76.6 Å². The smallest absolute Gasteiger partial charge is 0.264 e. The molecule has 1 aliphatic rings. The van der Waals surface area contributed by atoms with Gasteiger partial charge in [0.05, 0.1) is 20.8 Å². The van der Waals surface area contributed by atoms with Gasteiger partial charge in [-0.1, -0.05) is 36.4 Å². The van der Waals surface area contributed by atoms with Crippen LogP contribution in [0.3, 0.4) is 0 Å². The van der Waals surface area contributed by atoms with Gasteiger partial charge in [0, 0.05) is 3.57 Å². The van der Waals surface area contributed by atoms with Crippen molar-refractivity contribution in [3.05, 3.63) is 89.9 Å². The first-order chi connectivity index (χ1) is 16.0. The molecule has 3 aromatic carbocycles. The maximum absolute atomic E-state index is 12.5. The number of benzene rings is 3. The van der Waals surface area contributed by atoms with Crippen molar-refractivity contribution in [2.45, 2.75) is 13.5 Å². The molecule has 0 saturated carbocycles. The molecule has 0 unspecified atom stereocenters. The van der Waals surface area contributed by atoms with Crippen molar-refractivity contribution in [3.8, 4) is 11.5 Å². The predicted molar refractivity (Wildman–Crippen MR) is 151 cm³/mol. The number of ether oxygens (including phenoxy) is 2. The Morgan fingerprint density at radius 3 is 2.61 bits per heavy atom. The summed E-state index contributed by atoms with van der Waals surface area (Å²) in [5.41, 5.74) is 2.75. The molecule has 4 rings (SSSR count). The number of rotatable bonds is 7. The molecule has 3 aromatic rings. The van der Waals surface area contributed by atoms with Gasteiger partial charge >= 0.3 is 0 Å². The number of hydrogen-bond acceptors (Lipinski definition) is 5. The van der Waals surface area contributed by atoms with E-state index in [2.05, 4.69) is 55.5 Å². The maximum atomic E-state index is 12.5. The van der Waals surface area contributed by atoms with Crippen molar-refractivity contribution in [2.75, 3.05) is 6.61 Å². The Bertz CT molecular complexity index is 1230. The van der Waals surface area contributed by atoms with Gasteiger partial charge < -0.3 is 14.8 Å². The number of carbonyl (C=O) groups excluding carboxylic acids is 1. The summed E-state index contributed by atoms with van der Waals surface area (Å²) >= 11 is 5.81. The number of nitrogens with zero attached hydrogens (tertiary/aromatic N) is 1. The van der Waals surface area contributed by atoms with E-state index >= 15 is 0 Å². The first-order valence-electron chi connectivity index (χ1n) is 10.2. The van der Waals surface area contributed by atoms with E-state index in [1.807, 2.05) is 79.7 Å². The minimum absolute atomic E-state index is 0.165. The van der Waals surface area contributed by atoms with Gasteiger partial charge in [0.1, 0.15) is 6.61 Å². The lowest BCUT2D eigenvalue weighted by Crippen LogP contribution is -2.19. The largest absolute Gasteiger partial charge is 0.490 e. The van der Waals surface area contributed by atoms with Crippen molar-refractivity contribution in [3.63, 3.8) is 0 Å². The molecule has 168 valence electrons. The minimum Gasteiger partial charge on any atom is -0.490 e. The quantitative estimate of drug-likeness (QED) is 0.221. The predicted octanol–water partition coefficient (Wildman–Crippen LogP) is 6.77. The summed E-state index contributed by atoms with van der Waals surface area (Å²) in [5, 5.41) is 3.41. The fraction of sp³-hybridized carbons (Fsp3) is 0.120. The Kier molecular flexibility index (Phi) is 8.31. The Morgan fingerprint density at radius 2 is 1.85 bits per heavy atom. The number of amidine groups is 1. The van der Waals surface area contributed by atoms with E-state index in [4.69, 9.17) is 9.47 Å². The molecule has 0 aliphatic carbocycles. The van der Waals surface area contributed by atoms with Gasteiger partial charge in [-0.3, -0.25) is 4.79 Å². The van der Waals surface area contributed by atoms with E-state index in [9.17, 15) is 4.79 Å². The van der Waals surface area contributed by atoms with E-state index < -0.39 is 0 Å². The molecule has 1 N–H and O–H groups in total. The highest BCUT2D eigenvalue weighted by Gasteiger charge is 2.24. The molecule has 0 radical (unpaired) electrons. The molecule has 1 fully saturated rings. The van der Waals surface area contributed by atoms with Crippen LogP contribution in [0.4, 0.5) is 5.69 Å². The molecule has 1 heterocycles. The standard InChI is InChI=1S/C25H20I2N2O3S/c1-2-31-21-12-17(11-20(27)23(21)32-15-16-7-4-3-5-8-16)13-22-24(30)29-25(33-22)28-19-10-6-9-18(26)14-19/h3-14H,2,15H2,1H3,(H,28,29,30)/b22-13+.